The van der Waals surface area contributed by atoms with E-state index in [4.69, 9.17) is 4.99 Å². The summed E-state index contributed by atoms with van der Waals surface area (Å²) in [5, 5.41) is 0. The van der Waals surface area contributed by atoms with E-state index in [9.17, 15) is 9.59 Å². The van der Waals surface area contributed by atoms with E-state index in [1.54, 1.807) is 0 Å². The number of aliphatic imine (C=N–C) groups is 1. The van der Waals surface area contributed by atoms with Crippen molar-refractivity contribution >= 4 is 23.3 Å². The van der Waals surface area contributed by atoms with Gasteiger partial charge in [0.15, 0.2) is 0 Å². The lowest BCUT2D eigenvalue weighted by Gasteiger charge is -2.39. The molecule has 0 bridgehead atoms. The Bertz CT molecular complexity index is 832. The van der Waals surface area contributed by atoms with Crippen LogP contribution in [0.2, 0.25) is 0 Å². The van der Waals surface area contributed by atoms with Gasteiger partial charge in [0, 0.05) is 44.3 Å². The standard InChI is InChI=1S/C24H32N4O2/c1-18-25-24(23(30)28(18)17-19-7-8-19)11-9-20(10-12-24)22(29)27-15-13-26(14-16-27)21-5-3-2-4-6-21/h2-6,19-20H,7-17H2,1H3. The highest BCUT2D eigenvalue weighted by atomic mass is 16.2. The van der Waals surface area contributed by atoms with Gasteiger partial charge < -0.3 is 9.80 Å². The third kappa shape index (κ3) is 3.61. The number of hydrogen-bond donors (Lipinski definition) is 0. The second-order valence-electron chi connectivity index (χ2n) is 9.47. The maximum Gasteiger partial charge on any atom is 0.255 e. The molecule has 0 N–H and O–H groups in total. The molecule has 1 aromatic rings. The van der Waals surface area contributed by atoms with Crippen molar-refractivity contribution in [3.63, 3.8) is 0 Å². The Kier molecular flexibility index (Phi) is 5.03. The molecule has 2 aliphatic heterocycles. The zero-order valence-electron chi connectivity index (χ0n) is 17.9. The third-order valence-corrected chi connectivity index (χ3v) is 7.42. The van der Waals surface area contributed by atoms with Gasteiger partial charge in [0.05, 0.1) is 0 Å². The van der Waals surface area contributed by atoms with Crippen molar-refractivity contribution in [2.24, 2.45) is 16.8 Å². The predicted octanol–water partition coefficient (Wildman–Crippen LogP) is 2.93. The molecule has 4 aliphatic rings. The molecule has 1 aromatic carbocycles. The average Bonchev–Trinajstić information content (AvgIpc) is 3.58. The summed E-state index contributed by atoms with van der Waals surface area (Å²) in [4.78, 5) is 37.4. The van der Waals surface area contributed by atoms with Gasteiger partial charge >= 0.3 is 0 Å². The molecular weight excluding hydrogens is 376 g/mol. The number of rotatable bonds is 4. The molecule has 1 saturated heterocycles. The second kappa shape index (κ2) is 7.71. The Labute approximate surface area is 178 Å². The lowest BCUT2D eigenvalue weighted by molar-refractivity contribution is -0.140. The first-order valence-electron chi connectivity index (χ1n) is 11.5. The van der Waals surface area contributed by atoms with Crippen LogP contribution in [0.5, 0.6) is 0 Å². The monoisotopic (exact) mass is 408 g/mol. The van der Waals surface area contributed by atoms with Crippen LogP contribution < -0.4 is 4.90 Å². The van der Waals surface area contributed by atoms with E-state index in [-0.39, 0.29) is 17.7 Å². The number of hydrogen-bond acceptors (Lipinski definition) is 4. The Morgan fingerprint density at radius 1 is 1.03 bits per heavy atom. The van der Waals surface area contributed by atoms with E-state index in [1.807, 2.05) is 22.8 Å². The summed E-state index contributed by atoms with van der Waals surface area (Å²) in [6.45, 7) is 6.12. The van der Waals surface area contributed by atoms with Crippen molar-refractivity contribution in [1.82, 2.24) is 9.80 Å². The van der Waals surface area contributed by atoms with Gasteiger partial charge in [-0.05, 0) is 63.5 Å². The van der Waals surface area contributed by atoms with Crippen LogP contribution in [0.25, 0.3) is 0 Å². The van der Waals surface area contributed by atoms with Crippen LogP contribution in [0.15, 0.2) is 35.3 Å². The lowest BCUT2D eigenvalue weighted by Crippen LogP contribution is -2.52. The summed E-state index contributed by atoms with van der Waals surface area (Å²) < 4.78 is 0. The lowest BCUT2D eigenvalue weighted by atomic mass is 9.76. The number of para-hydroxylation sites is 1. The molecule has 2 saturated carbocycles. The maximum absolute atomic E-state index is 13.1. The largest absolute Gasteiger partial charge is 0.368 e. The molecular formula is C24H32N4O2. The fourth-order valence-corrected chi connectivity index (χ4v) is 5.34. The van der Waals surface area contributed by atoms with E-state index >= 15 is 0 Å². The molecule has 2 heterocycles. The Morgan fingerprint density at radius 3 is 2.33 bits per heavy atom. The summed E-state index contributed by atoms with van der Waals surface area (Å²) in [5.41, 5.74) is 0.648. The van der Waals surface area contributed by atoms with Gasteiger partial charge in [-0.1, -0.05) is 18.2 Å². The molecule has 160 valence electrons. The minimum Gasteiger partial charge on any atom is -0.368 e. The van der Waals surface area contributed by atoms with E-state index in [0.29, 0.717) is 18.8 Å². The smallest absolute Gasteiger partial charge is 0.255 e. The topological polar surface area (TPSA) is 56.2 Å². The number of carbonyl (C=O) groups excluding carboxylic acids is 2. The Hall–Kier alpha value is -2.37. The number of nitrogens with zero attached hydrogens (tertiary/aromatic N) is 4. The number of benzene rings is 1. The zero-order chi connectivity index (χ0) is 20.7. The Morgan fingerprint density at radius 2 is 1.70 bits per heavy atom. The molecule has 30 heavy (non-hydrogen) atoms. The first-order valence-corrected chi connectivity index (χ1v) is 11.5. The highest BCUT2D eigenvalue weighted by Gasteiger charge is 2.50. The van der Waals surface area contributed by atoms with Crippen molar-refractivity contribution in [2.75, 3.05) is 37.6 Å². The molecule has 0 atom stereocenters. The first-order chi connectivity index (χ1) is 14.6. The van der Waals surface area contributed by atoms with E-state index in [2.05, 4.69) is 29.2 Å². The number of amidine groups is 1. The molecule has 5 rings (SSSR count). The second-order valence-corrected chi connectivity index (χ2v) is 9.47. The normalized spacial score (nSPS) is 29.5. The first kappa shape index (κ1) is 19.6. The van der Waals surface area contributed by atoms with Crippen LogP contribution in [0.1, 0.15) is 45.4 Å². The molecule has 6 heteroatoms. The number of carbonyl (C=O) groups is 2. The summed E-state index contributed by atoms with van der Waals surface area (Å²) in [5.74, 6) is 2.06. The Balaban J connectivity index is 1.15. The minimum atomic E-state index is -0.582. The molecule has 2 amide bonds. The van der Waals surface area contributed by atoms with Gasteiger partial charge in [0.2, 0.25) is 5.91 Å². The zero-order valence-corrected chi connectivity index (χ0v) is 17.9. The fourth-order valence-electron chi connectivity index (χ4n) is 5.34. The molecule has 0 aromatic heterocycles. The van der Waals surface area contributed by atoms with Crippen LogP contribution in [0.4, 0.5) is 5.69 Å². The van der Waals surface area contributed by atoms with Crippen LogP contribution in [-0.2, 0) is 9.59 Å². The third-order valence-electron chi connectivity index (χ3n) is 7.42. The van der Waals surface area contributed by atoms with Gasteiger partial charge in [-0.3, -0.25) is 19.5 Å². The van der Waals surface area contributed by atoms with E-state index in [1.165, 1.54) is 18.5 Å². The van der Waals surface area contributed by atoms with Crippen molar-refractivity contribution < 1.29 is 9.59 Å². The summed E-state index contributed by atoms with van der Waals surface area (Å²) in [7, 11) is 0. The fraction of sp³-hybridized carbons (Fsp3) is 0.625. The van der Waals surface area contributed by atoms with Crippen LogP contribution in [0, 0.1) is 11.8 Å². The molecule has 2 aliphatic carbocycles. The van der Waals surface area contributed by atoms with E-state index < -0.39 is 5.54 Å². The molecule has 1 spiro atoms. The highest BCUT2D eigenvalue weighted by molar-refractivity contribution is 6.07. The van der Waals surface area contributed by atoms with Gasteiger partial charge in [-0.2, -0.15) is 0 Å². The summed E-state index contributed by atoms with van der Waals surface area (Å²) >= 11 is 0. The predicted molar refractivity (Wildman–Crippen MR) is 117 cm³/mol. The molecule has 0 radical (unpaired) electrons. The van der Waals surface area contributed by atoms with Gasteiger partial charge in [-0.25, -0.2) is 0 Å². The van der Waals surface area contributed by atoms with Crippen molar-refractivity contribution in [1.29, 1.82) is 0 Å². The van der Waals surface area contributed by atoms with Crippen molar-refractivity contribution in [3.8, 4) is 0 Å². The van der Waals surface area contributed by atoms with Crippen molar-refractivity contribution in [2.45, 2.75) is 51.0 Å². The average molecular weight is 409 g/mol. The number of amides is 2. The van der Waals surface area contributed by atoms with Crippen molar-refractivity contribution in [3.05, 3.63) is 30.3 Å². The van der Waals surface area contributed by atoms with Crippen LogP contribution in [0.3, 0.4) is 0 Å². The van der Waals surface area contributed by atoms with Gasteiger partial charge in [0.25, 0.3) is 5.91 Å². The van der Waals surface area contributed by atoms with Crippen LogP contribution in [-0.4, -0.2) is 65.7 Å². The van der Waals surface area contributed by atoms with E-state index in [0.717, 1.165) is 51.4 Å². The highest BCUT2D eigenvalue weighted by Crippen LogP contribution is 2.42. The molecule has 0 unspecified atom stereocenters. The summed E-state index contributed by atoms with van der Waals surface area (Å²) in [6.07, 6.45) is 5.45. The SMILES string of the molecule is CC1=NC2(CCC(C(=O)N3CCN(c4ccccc4)CC3)CC2)C(=O)N1CC1CC1. The van der Waals surface area contributed by atoms with Crippen LogP contribution >= 0.6 is 0 Å². The quantitative estimate of drug-likeness (QED) is 0.770. The number of piperazine rings is 1. The molecule has 6 nitrogen and oxygen atoms in total. The summed E-state index contributed by atoms with van der Waals surface area (Å²) in [6, 6.07) is 10.4. The maximum atomic E-state index is 13.1. The van der Waals surface area contributed by atoms with Gasteiger partial charge in [-0.15, -0.1) is 0 Å². The molecule has 3 fully saturated rings. The van der Waals surface area contributed by atoms with Gasteiger partial charge in [0.1, 0.15) is 11.4 Å². The minimum absolute atomic E-state index is 0.0414. The number of anilines is 1.